The van der Waals surface area contributed by atoms with Crippen LogP contribution < -0.4 is 0 Å². The highest BCUT2D eigenvalue weighted by Gasteiger charge is 2.29. The molecule has 0 aliphatic carbocycles. The molecule has 1 aromatic heterocycles. The van der Waals surface area contributed by atoms with Crippen LogP contribution in [0.2, 0.25) is 5.02 Å². The van der Waals surface area contributed by atoms with Gasteiger partial charge in [-0.1, -0.05) is 17.7 Å². The van der Waals surface area contributed by atoms with Crippen LogP contribution >= 0.6 is 11.6 Å². The van der Waals surface area contributed by atoms with E-state index in [2.05, 4.69) is 4.98 Å². The van der Waals surface area contributed by atoms with Crippen molar-refractivity contribution < 1.29 is 24.0 Å². The minimum Gasteiger partial charge on any atom is -0.462 e. The van der Waals surface area contributed by atoms with Gasteiger partial charge in [-0.2, -0.15) is 0 Å². The maximum Gasteiger partial charge on any atom is 0.340 e. The van der Waals surface area contributed by atoms with Crippen molar-refractivity contribution in [3.63, 3.8) is 0 Å². The van der Waals surface area contributed by atoms with Crippen LogP contribution in [-0.4, -0.2) is 35.1 Å². The second-order valence-corrected chi connectivity index (χ2v) is 6.18. The van der Waals surface area contributed by atoms with Gasteiger partial charge in [-0.05, 0) is 39.3 Å². The van der Waals surface area contributed by atoms with Crippen molar-refractivity contribution in [2.24, 2.45) is 0 Å². The summed E-state index contributed by atoms with van der Waals surface area (Å²) in [4.78, 5) is 40.2. The van der Waals surface area contributed by atoms with Gasteiger partial charge in [0.2, 0.25) is 0 Å². The molecule has 0 spiro atoms. The van der Waals surface area contributed by atoms with Crippen LogP contribution in [0.3, 0.4) is 0 Å². The van der Waals surface area contributed by atoms with Crippen molar-refractivity contribution in [1.82, 2.24) is 4.98 Å². The summed E-state index contributed by atoms with van der Waals surface area (Å²) in [6, 6.07) is 4.04. The molecule has 0 bridgehead atoms. The van der Waals surface area contributed by atoms with Crippen LogP contribution in [0.25, 0.3) is 11.1 Å². The van der Waals surface area contributed by atoms with E-state index < -0.39 is 16.9 Å². The number of rotatable bonds is 6. The second kappa shape index (κ2) is 8.79. The summed E-state index contributed by atoms with van der Waals surface area (Å²) in [6.45, 7) is 6.72. The van der Waals surface area contributed by atoms with Gasteiger partial charge in [-0.15, -0.1) is 0 Å². The quantitative estimate of drug-likeness (QED) is 0.400. The Morgan fingerprint density at radius 2 is 1.57 bits per heavy atom. The van der Waals surface area contributed by atoms with Gasteiger partial charge in [-0.25, -0.2) is 9.59 Å². The number of carbonyl (C=O) groups excluding carboxylic acids is 2. The molecule has 2 rings (SSSR count). The van der Waals surface area contributed by atoms with Crippen LogP contribution in [0.4, 0.5) is 5.69 Å². The molecule has 0 saturated carbocycles. The zero-order chi connectivity index (χ0) is 21.0. The number of halogens is 1. The van der Waals surface area contributed by atoms with Crippen molar-refractivity contribution in [3.05, 3.63) is 55.9 Å². The first kappa shape index (κ1) is 21.3. The van der Waals surface area contributed by atoms with Crippen molar-refractivity contribution in [2.75, 3.05) is 13.2 Å². The molecule has 1 heterocycles. The summed E-state index contributed by atoms with van der Waals surface area (Å²) in [5.74, 6) is -1.38. The van der Waals surface area contributed by atoms with Crippen molar-refractivity contribution in [2.45, 2.75) is 27.7 Å². The smallest absolute Gasteiger partial charge is 0.340 e. The van der Waals surface area contributed by atoms with Crippen LogP contribution in [0.15, 0.2) is 18.2 Å². The van der Waals surface area contributed by atoms with Gasteiger partial charge in [-0.3, -0.25) is 15.1 Å². The lowest BCUT2D eigenvalue weighted by molar-refractivity contribution is -0.384. The second-order valence-electron chi connectivity index (χ2n) is 5.77. The fourth-order valence-corrected chi connectivity index (χ4v) is 3.04. The maximum atomic E-state index is 12.6. The number of aromatic nitrogens is 1. The summed E-state index contributed by atoms with van der Waals surface area (Å²) in [7, 11) is 0. The molecule has 0 N–H and O–H groups in total. The Kier molecular flexibility index (Phi) is 6.69. The van der Waals surface area contributed by atoms with Gasteiger partial charge in [0.1, 0.15) is 5.02 Å². The number of nitrogens with zero attached hydrogens (tertiary/aromatic N) is 2. The highest BCUT2D eigenvalue weighted by molar-refractivity contribution is 6.32. The average Bonchev–Trinajstić information content (AvgIpc) is 2.61. The summed E-state index contributed by atoms with van der Waals surface area (Å²) >= 11 is 5.91. The largest absolute Gasteiger partial charge is 0.462 e. The Morgan fingerprint density at radius 1 is 1.07 bits per heavy atom. The zero-order valence-corrected chi connectivity index (χ0v) is 16.6. The Balaban J connectivity index is 2.92. The van der Waals surface area contributed by atoms with E-state index in [1.807, 2.05) is 0 Å². The fourth-order valence-electron chi connectivity index (χ4n) is 2.85. The predicted molar refractivity (Wildman–Crippen MR) is 103 cm³/mol. The number of carbonyl (C=O) groups is 2. The van der Waals surface area contributed by atoms with Gasteiger partial charge < -0.3 is 9.47 Å². The Labute approximate surface area is 166 Å². The number of pyridine rings is 1. The van der Waals surface area contributed by atoms with Gasteiger partial charge in [0.25, 0.3) is 5.69 Å². The first-order valence-corrected chi connectivity index (χ1v) is 8.90. The van der Waals surface area contributed by atoms with Gasteiger partial charge in [0, 0.05) is 11.6 Å². The molecule has 0 saturated heterocycles. The third-order valence-electron chi connectivity index (χ3n) is 3.95. The van der Waals surface area contributed by atoms with E-state index in [1.54, 1.807) is 27.7 Å². The van der Waals surface area contributed by atoms with E-state index in [4.69, 9.17) is 21.1 Å². The summed E-state index contributed by atoms with van der Waals surface area (Å²) in [5.41, 5.74) is 0.834. The zero-order valence-electron chi connectivity index (χ0n) is 15.9. The highest BCUT2D eigenvalue weighted by Crippen LogP contribution is 2.36. The van der Waals surface area contributed by atoms with E-state index in [0.29, 0.717) is 11.4 Å². The van der Waals surface area contributed by atoms with Gasteiger partial charge in [0.15, 0.2) is 0 Å². The minimum atomic E-state index is -0.689. The Morgan fingerprint density at radius 3 is 2.00 bits per heavy atom. The topological polar surface area (TPSA) is 109 Å². The summed E-state index contributed by atoms with van der Waals surface area (Å²) in [6.07, 6.45) is 0. The molecule has 0 aliphatic heterocycles. The van der Waals surface area contributed by atoms with Crippen LogP contribution in [0, 0.1) is 24.0 Å². The molecule has 1 aromatic carbocycles. The number of benzene rings is 1. The summed E-state index contributed by atoms with van der Waals surface area (Å²) in [5, 5.41) is 11.2. The van der Waals surface area contributed by atoms with Crippen LogP contribution in [-0.2, 0) is 9.47 Å². The highest BCUT2D eigenvalue weighted by atomic mass is 35.5. The number of hydrogen-bond donors (Lipinski definition) is 0. The van der Waals surface area contributed by atoms with E-state index in [1.165, 1.54) is 18.2 Å². The van der Waals surface area contributed by atoms with Gasteiger partial charge >= 0.3 is 11.9 Å². The van der Waals surface area contributed by atoms with Gasteiger partial charge in [0.05, 0.1) is 40.7 Å². The minimum absolute atomic E-state index is 0.0483. The number of aryl methyl sites for hydroxylation is 2. The number of ether oxygens (including phenoxy) is 2. The summed E-state index contributed by atoms with van der Waals surface area (Å²) < 4.78 is 10.2. The van der Waals surface area contributed by atoms with Crippen LogP contribution in [0.1, 0.15) is 46.0 Å². The molecule has 8 nitrogen and oxygen atoms in total. The number of hydrogen-bond acceptors (Lipinski definition) is 7. The standard InChI is InChI=1S/C19H19ClN2O6/c1-5-27-18(23)15-10(3)21-11(4)16(19(24)28-6-2)17(15)12-7-8-13(20)14(9-12)22(25)26/h7-9H,5-6H2,1-4H3. The average molecular weight is 407 g/mol. The van der Waals surface area contributed by atoms with E-state index in [-0.39, 0.29) is 46.2 Å². The molecule has 0 radical (unpaired) electrons. The van der Waals surface area contributed by atoms with E-state index in [0.717, 1.165) is 0 Å². The Bertz CT molecular complexity index is 916. The molecule has 2 aromatic rings. The third-order valence-corrected chi connectivity index (χ3v) is 4.27. The molecule has 0 atom stereocenters. The predicted octanol–water partition coefficient (Wildman–Crippen LogP) is 4.28. The lowest BCUT2D eigenvalue weighted by atomic mass is 9.92. The first-order valence-electron chi connectivity index (χ1n) is 8.52. The molecule has 9 heteroatoms. The molecule has 0 unspecified atom stereocenters. The van der Waals surface area contributed by atoms with Crippen LogP contribution in [0.5, 0.6) is 0 Å². The Hall–Kier alpha value is -3.00. The molecule has 148 valence electrons. The van der Waals surface area contributed by atoms with Crippen molar-refractivity contribution in [3.8, 4) is 11.1 Å². The molecular formula is C19H19ClN2O6. The fraction of sp³-hybridized carbons (Fsp3) is 0.316. The monoisotopic (exact) mass is 406 g/mol. The number of esters is 2. The lowest BCUT2D eigenvalue weighted by Crippen LogP contribution is -2.17. The lowest BCUT2D eigenvalue weighted by Gasteiger charge is -2.17. The maximum absolute atomic E-state index is 12.6. The third kappa shape index (κ3) is 4.12. The SMILES string of the molecule is CCOC(=O)c1c(C)nc(C)c(C(=O)OCC)c1-c1ccc(Cl)c([N+](=O)[O-])c1. The molecule has 28 heavy (non-hydrogen) atoms. The molecule has 0 amide bonds. The molecular weight excluding hydrogens is 388 g/mol. The number of nitro benzene ring substituents is 1. The molecule has 0 fully saturated rings. The normalized spacial score (nSPS) is 10.5. The number of nitro groups is 1. The van der Waals surface area contributed by atoms with E-state index >= 15 is 0 Å². The van der Waals surface area contributed by atoms with E-state index in [9.17, 15) is 19.7 Å². The van der Waals surface area contributed by atoms with Crippen molar-refractivity contribution in [1.29, 1.82) is 0 Å². The molecule has 0 aliphatic rings. The van der Waals surface area contributed by atoms with Crippen molar-refractivity contribution >= 4 is 29.2 Å². The first-order chi connectivity index (χ1) is 13.2.